The molecule has 2 aromatic rings. The number of hydrogen-bond donors (Lipinski definition) is 1. The predicted molar refractivity (Wildman–Crippen MR) is 61.1 cm³/mol. The zero-order chi connectivity index (χ0) is 10.7. The van der Waals surface area contributed by atoms with Crippen molar-refractivity contribution in [1.82, 2.24) is 4.98 Å². The molecule has 0 radical (unpaired) electrons. The molecule has 0 aliphatic rings. The van der Waals surface area contributed by atoms with Gasteiger partial charge in [-0.25, -0.2) is 0 Å². The maximum atomic E-state index is 6.11. The lowest BCUT2D eigenvalue weighted by molar-refractivity contribution is 0.405. The molecule has 2 rings (SSSR count). The second-order valence-electron chi connectivity index (χ2n) is 3.08. The summed E-state index contributed by atoms with van der Waals surface area (Å²) in [7, 11) is 1.63. The average Bonchev–Trinajstić information content (AvgIpc) is 2.81. The largest absolute Gasteiger partial charge is 0.495 e. The van der Waals surface area contributed by atoms with Crippen LogP contribution in [0.15, 0.2) is 35.8 Å². The van der Waals surface area contributed by atoms with E-state index < -0.39 is 0 Å². The number of rotatable bonds is 3. The molecule has 0 saturated carbocycles. The van der Waals surface area contributed by atoms with Crippen LogP contribution in [0.2, 0.25) is 0 Å². The van der Waals surface area contributed by atoms with Crippen molar-refractivity contribution in [3.8, 4) is 5.75 Å². The lowest BCUT2D eigenvalue weighted by Gasteiger charge is -2.12. The zero-order valence-electron chi connectivity index (χ0n) is 8.38. The molecule has 2 aromatic heterocycles. The summed E-state index contributed by atoms with van der Waals surface area (Å²) in [5.41, 5.74) is 6.89. The molecule has 15 heavy (non-hydrogen) atoms. The van der Waals surface area contributed by atoms with E-state index in [4.69, 9.17) is 10.5 Å². The number of aromatic nitrogens is 1. The van der Waals surface area contributed by atoms with Gasteiger partial charge in [0.25, 0.3) is 0 Å². The number of pyridine rings is 1. The fourth-order valence-corrected chi connectivity index (χ4v) is 2.14. The number of nitrogens with zero attached hydrogens (tertiary/aromatic N) is 1. The van der Waals surface area contributed by atoms with Crippen molar-refractivity contribution in [2.24, 2.45) is 5.73 Å². The first kappa shape index (κ1) is 10.1. The van der Waals surface area contributed by atoms with Crippen LogP contribution in [-0.4, -0.2) is 12.1 Å². The third kappa shape index (κ3) is 2.00. The molecule has 78 valence electrons. The van der Waals surface area contributed by atoms with Gasteiger partial charge in [0, 0.05) is 11.1 Å². The van der Waals surface area contributed by atoms with Crippen molar-refractivity contribution in [1.29, 1.82) is 0 Å². The third-order valence-corrected chi connectivity index (χ3v) is 3.12. The minimum atomic E-state index is -0.207. The topological polar surface area (TPSA) is 48.1 Å². The van der Waals surface area contributed by atoms with Crippen molar-refractivity contribution in [2.75, 3.05) is 7.11 Å². The van der Waals surface area contributed by atoms with Crippen molar-refractivity contribution in [3.63, 3.8) is 0 Å². The maximum Gasteiger partial charge on any atom is 0.142 e. The lowest BCUT2D eigenvalue weighted by atomic mass is 10.1. The van der Waals surface area contributed by atoms with Gasteiger partial charge in [-0.15, -0.1) is 11.3 Å². The van der Waals surface area contributed by atoms with Gasteiger partial charge in [0.1, 0.15) is 11.4 Å². The summed E-state index contributed by atoms with van der Waals surface area (Å²) in [6.07, 6.45) is 1.73. The summed E-state index contributed by atoms with van der Waals surface area (Å²) in [5, 5.41) is 2.00. The number of ether oxygens (including phenoxy) is 1. The molecule has 0 aliphatic carbocycles. The van der Waals surface area contributed by atoms with E-state index in [-0.39, 0.29) is 6.04 Å². The van der Waals surface area contributed by atoms with Gasteiger partial charge >= 0.3 is 0 Å². The Morgan fingerprint density at radius 1 is 1.40 bits per heavy atom. The monoisotopic (exact) mass is 220 g/mol. The number of thiophene rings is 1. The molecule has 2 N–H and O–H groups in total. The van der Waals surface area contributed by atoms with Gasteiger partial charge in [-0.1, -0.05) is 6.07 Å². The summed E-state index contributed by atoms with van der Waals surface area (Å²) in [6.45, 7) is 0. The van der Waals surface area contributed by atoms with E-state index in [1.54, 1.807) is 24.6 Å². The van der Waals surface area contributed by atoms with Crippen LogP contribution >= 0.6 is 11.3 Å². The van der Waals surface area contributed by atoms with E-state index in [1.807, 2.05) is 29.6 Å². The van der Waals surface area contributed by atoms with Crippen LogP contribution in [0.5, 0.6) is 5.75 Å². The van der Waals surface area contributed by atoms with Crippen LogP contribution in [-0.2, 0) is 0 Å². The fourth-order valence-electron chi connectivity index (χ4n) is 1.41. The predicted octanol–water partition coefficient (Wildman–Crippen LogP) is 2.20. The zero-order valence-corrected chi connectivity index (χ0v) is 9.20. The van der Waals surface area contributed by atoms with Gasteiger partial charge in [0.05, 0.1) is 13.2 Å². The summed E-state index contributed by atoms with van der Waals surface area (Å²) in [4.78, 5) is 5.35. The second-order valence-corrected chi connectivity index (χ2v) is 4.06. The molecule has 0 saturated heterocycles. The molecule has 0 bridgehead atoms. The van der Waals surface area contributed by atoms with Gasteiger partial charge in [-0.05, 0) is 23.6 Å². The molecule has 3 nitrogen and oxygen atoms in total. The Hall–Kier alpha value is -1.39. The average molecular weight is 220 g/mol. The van der Waals surface area contributed by atoms with Crippen molar-refractivity contribution in [3.05, 3.63) is 46.4 Å². The summed E-state index contributed by atoms with van der Waals surface area (Å²) in [5.74, 6) is 0.735. The molecule has 1 unspecified atom stereocenters. The van der Waals surface area contributed by atoms with Gasteiger partial charge in [-0.2, -0.15) is 0 Å². The van der Waals surface area contributed by atoms with Crippen LogP contribution in [0, 0.1) is 0 Å². The fraction of sp³-hybridized carbons (Fsp3) is 0.182. The SMILES string of the molecule is COc1cccnc1C(N)c1cccs1. The Labute approximate surface area is 92.5 Å². The summed E-state index contributed by atoms with van der Waals surface area (Å²) in [6, 6.07) is 7.49. The second kappa shape index (κ2) is 4.42. The van der Waals surface area contributed by atoms with Crippen LogP contribution in [0.25, 0.3) is 0 Å². The molecule has 1 atom stereocenters. The standard InChI is InChI=1S/C11H12N2OS/c1-14-8-4-2-6-13-11(8)10(12)9-5-3-7-15-9/h2-7,10H,12H2,1H3. The molecule has 0 aliphatic heterocycles. The molecule has 0 spiro atoms. The minimum absolute atomic E-state index is 0.207. The van der Waals surface area contributed by atoms with Crippen molar-refractivity contribution in [2.45, 2.75) is 6.04 Å². The molecule has 4 heteroatoms. The van der Waals surface area contributed by atoms with Gasteiger partial charge in [0.15, 0.2) is 0 Å². The molecule has 0 amide bonds. The third-order valence-electron chi connectivity index (χ3n) is 2.16. The van der Waals surface area contributed by atoms with Gasteiger partial charge in [0.2, 0.25) is 0 Å². The van der Waals surface area contributed by atoms with Crippen LogP contribution < -0.4 is 10.5 Å². The number of methoxy groups -OCH3 is 1. The summed E-state index contributed by atoms with van der Waals surface area (Å²) < 4.78 is 5.23. The first-order chi connectivity index (χ1) is 7.33. The minimum Gasteiger partial charge on any atom is -0.495 e. The van der Waals surface area contributed by atoms with Gasteiger partial charge in [-0.3, -0.25) is 4.98 Å². The maximum absolute atomic E-state index is 6.11. The number of hydrogen-bond acceptors (Lipinski definition) is 4. The Balaban J connectivity index is 2.37. The van der Waals surface area contributed by atoms with E-state index in [9.17, 15) is 0 Å². The van der Waals surface area contributed by atoms with Crippen LogP contribution in [0.3, 0.4) is 0 Å². The highest BCUT2D eigenvalue weighted by atomic mass is 32.1. The highest BCUT2D eigenvalue weighted by Gasteiger charge is 2.15. The van der Waals surface area contributed by atoms with E-state index >= 15 is 0 Å². The normalized spacial score (nSPS) is 12.4. The van der Waals surface area contributed by atoms with E-state index in [2.05, 4.69) is 4.98 Å². The van der Waals surface area contributed by atoms with Crippen LogP contribution in [0.4, 0.5) is 0 Å². The molecule has 0 fully saturated rings. The Morgan fingerprint density at radius 3 is 2.93 bits per heavy atom. The van der Waals surface area contributed by atoms with Crippen molar-refractivity contribution < 1.29 is 4.74 Å². The van der Waals surface area contributed by atoms with Gasteiger partial charge < -0.3 is 10.5 Å². The first-order valence-corrected chi connectivity index (χ1v) is 5.49. The first-order valence-electron chi connectivity index (χ1n) is 4.61. The highest BCUT2D eigenvalue weighted by molar-refractivity contribution is 7.10. The smallest absolute Gasteiger partial charge is 0.142 e. The highest BCUT2D eigenvalue weighted by Crippen LogP contribution is 2.28. The van der Waals surface area contributed by atoms with E-state index in [0.717, 1.165) is 16.3 Å². The quantitative estimate of drug-likeness (QED) is 0.862. The number of nitrogens with two attached hydrogens (primary N) is 1. The Kier molecular flexibility index (Phi) is 2.99. The molecule has 2 heterocycles. The Bertz CT molecular complexity index is 428. The Morgan fingerprint density at radius 2 is 2.27 bits per heavy atom. The molecular weight excluding hydrogens is 208 g/mol. The van der Waals surface area contributed by atoms with E-state index in [0.29, 0.717) is 0 Å². The molecule has 0 aromatic carbocycles. The van der Waals surface area contributed by atoms with Crippen molar-refractivity contribution >= 4 is 11.3 Å². The molecular formula is C11H12N2OS. The van der Waals surface area contributed by atoms with E-state index in [1.165, 1.54) is 0 Å². The van der Waals surface area contributed by atoms with Crippen LogP contribution in [0.1, 0.15) is 16.6 Å². The summed E-state index contributed by atoms with van der Waals surface area (Å²) >= 11 is 1.62. The lowest BCUT2D eigenvalue weighted by Crippen LogP contribution is -2.13.